The van der Waals surface area contributed by atoms with E-state index >= 15 is 0 Å². The van der Waals surface area contributed by atoms with E-state index in [0.29, 0.717) is 12.5 Å². The smallest absolute Gasteiger partial charge is 0.188 e. The fraction of sp³-hybridized carbons (Fsp3) is 0.625. The monoisotopic (exact) mass is 433 g/mol. The van der Waals surface area contributed by atoms with Gasteiger partial charge in [-0.25, -0.2) is 9.98 Å². The molecule has 1 aliphatic rings. The van der Waals surface area contributed by atoms with E-state index in [-0.39, 0.29) is 36.2 Å². The molecule has 0 amide bonds. The molecule has 6 nitrogen and oxygen atoms in total. The van der Waals surface area contributed by atoms with Crippen LogP contribution in [0.5, 0.6) is 0 Å². The summed E-state index contributed by atoms with van der Waals surface area (Å²) in [5, 5.41) is 3.06. The Hall–Kier alpha value is -1.09. The van der Waals surface area contributed by atoms with Crippen molar-refractivity contribution in [3.8, 4) is 0 Å². The molecule has 0 radical (unpaired) electrons. The second-order valence-corrected chi connectivity index (χ2v) is 5.82. The number of rotatable bonds is 5. The molecule has 2 unspecified atom stereocenters. The van der Waals surface area contributed by atoms with Gasteiger partial charge >= 0.3 is 0 Å². The van der Waals surface area contributed by atoms with Crippen molar-refractivity contribution < 1.29 is 4.74 Å². The Bertz CT molecular complexity index is 484. The molecule has 130 valence electrons. The van der Waals surface area contributed by atoms with Crippen LogP contribution in [0.1, 0.15) is 32.8 Å². The zero-order chi connectivity index (χ0) is 15.9. The molecule has 2 rings (SSSR count). The molecule has 1 fully saturated rings. The predicted molar refractivity (Wildman–Crippen MR) is 105 cm³/mol. The van der Waals surface area contributed by atoms with E-state index in [9.17, 15) is 0 Å². The van der Waals surface area contributed by atoms with Crippen molar-refractivity contribution in [3.05, 3.63) is 23.9 Å². The van der Waals surface area contributed by atoms with Crippen LogP contribution in [-0.2, 0) is 11.3 Å². The van der Waals surface area contributed by atoms with Gasteiger partial charge in [-0.05, 0) is 31.9 Å². The zero-order valence-electron chi connectivity index (χ0n) is 14.2. The Morgan fingerprint density at radius 1 is 1.39 bits per heavy atom. The minimum Gasteiger partial charge on any atom is -0.372 e. The maximum absolute atomic E-state index is 5.78. The lowest BCUT2D eigenvalue weighted by Crippen LogP contribution is -2.45. The SMILES string of the molecule is CCCNC(N)=NCc1ccc(N2CC(C)OC(C)C2)nc1.I. The van der Waals surface area contributed by atoms with E-state index in [0.717, 1.165) is 37.4 Å². The molecule has 0 aliphatic carbocycles. The Balaban J connectivity index is 0.00000264. The number of nitrogens with one attached hydrogen (secondary N) is 1. The minimum atomic E-state index is 0. The van der Waals surface area contributed by atoms with E-state index < -0.39 is 0 Å². The van der Waals surface area contributed by atoms with E-state index in [1.807, 2.05) is 12.3 Å². The molecule has 1 aromatic rings. The fourth-order valence-electron chi connectivity index (χ4n) is 2.55. The van der Waals surface area contributed by atoms with Gasteiger partial charge in [0.1, 0.15) is 5.82 Å². The summed E-state index contributed by atoms with van der Waals surface area (Å²) in [6.45, 7) is 9.43. The van der Waals surface area contributed by atoms with Gasteiger partial charge in [0.25, 0.3) is 0 Å². The van der Waals surface area contributed by atoms with Crippen molar-refractivity contribution in [3.63, 3.8) is 0 Å². The summed E-state index contributed by atoms with van der Waals surface area (Å²) in [5.74, 6) is 1.48. The van der Waals surface area contributed by atoms with Crippen LogP contribution in [0.2, 0.25) is 0 Å². The number of aromatic nitrogens is 1. The number of pyridine rings is 1. The molecule has 1 aromatic heterocycles. The summed E-state index contributed by atoms with van der Waals surface area (Å²) >= 11 is 0. The van der Waals surface area contributed by atoms with Crippen LogP contribution in [0.25, 0.3) is 0 Å². The Morgan fingerprint density at radius 2 is 2.09 bits per heavy atom. The highest BCUT2D eigenvalue weighted by molar-refractivity contribution is 14.0. The number of hydrogen-bond acceptors (Lipinski definition) is 4. The molecule has 0 bridgehead atoms. The standard InChI is InChI=1S/C16H27N5O.HI/c1-4-7-18-16(17)20-9-14-5-6-15(19-8-14)21-10-12(2)22-13(3)11-21;/h5-6,8,12-13H,4,7,9-11H2,1-3H3,(H3,17,18,20);1H. The van der Waals surface area contributed by atoms with Gasteiger partial charge < -0.3 is 20.7 Å². The first kappa shape index (κ1) is 20.0. The number of morpholine rings is 1. The molecule has 0 aromatic carbocycles. The molecule has 1 saturated heterocycles. The van der Waals surface area contributed by atoms with Crippen LogP contribution < -0.4 is 16.0 Å². The highest BCUT2D eigenvalue weighted by Gasteiger charge is 2.22. The van der Waals surface area contributed by atoms with Gasteiger partial charge in [-0.2, -0.15) is 0 Å². The first-order valence-electron chi connectivity index (χ1n) is 7.97. The lowest BCUT2D eigenvalue weighted by molar-refractivity contribution is -0.00545. The lowest BCUT2D eigenvalue weighted by Gasteiger charge is -2.36. The predicted octanol–water partition coefficient (Wildman–Crippen LogP) is 2.13. The second kappa shape index (κ2) is 9.92. The molecule has 7 heteroatoms. The van der Waals surface area contributed by atoms with Crippen molar-refractivity contribution in [1.29, 1.82) is 0 Å². The average molecular weight is 433 g/mol. The van der Waals surface area contributed by atoms with E-state index in [2.05, 4.69) is 47.0 Å². The number of nitrogens with two attached hydrogens (primary N) is 1. The maximum atomic E-state index is 5.78. The van der Waals surface area contributed by atoms with Crippen molar-refractivity contribution in [2.45, 2.75) is 45.9 Å². The van der Waals surface area contributed by atoms with Crippen molar-refractivity contribution in [1.82, 2.24) is 10.3 Å². The third-order valence-corrected chi connectivity index (χ3v) is 3.54. The van der Waals surface area contributed by atoms with Gasteiger partial charge in [0.2, 0.25) is 0 Å². The number of aliphatic imine (C=N–C) groups is 1. The Labute approximate surface area is 155 Å². The average Bonchev–Trinajstić information content (AvgIpc) is 2.50. The molecule has 1 aliphatic heterocycles. The first-order valence-corrected chi connectivity index (χ1v) is 7.97. The van der Waals surface area contributed by atoms with Gasteiger partial charge in [0.05, 0.1) is 18.8 Å². The number of halogens is 1. The summed E-state index contributed by atoms with van der Waals surface area (Å²) < 4.78 is 5.75. The normalized spacial score (nSPS) is 21.7. The molecule has 2 heterocycles. The molecular weight excluding hydrogens is 405 g/mol. The number of ether oxygens (including phenoxy) is 1. The summed E-state index contributed by atoms with van der Waals surface area (Å²) in [4.78, 5) is 11.1. The number of guanidine groups is 1. The third kappa shape index (κ3) is 6.50. The van der Waals surface area contributed by atoms with Crippen molar-refractivity contribution in [2.75, 3.05) is 24.5 Å². The van der Waals surface area contributed by atoms with Crippen LogP contribution in [-0.4, -0.2) is 42.8 Å². The molecule has 0 saturated carbocycles. The van der Waals surface area contributed by atoms with Crippen LogP contribution >= 0.6 is 24.0 Å². The van der Waals surface area contributed by atoms with Gasteiger partial charge in [-0.3, -0.25) is 0 Å². The maximum Gasteiger partial charge on any atom is 0.188 e. The molecule has 3 N–H and O–H groups in total. The highest BCUT2D eigenvalue weighted by Crippen LogP contribution is 2.18. The van der Waals surface area contributed by atoms with Crippen molar-refractivity contribution >= 4 is 35.8 Å². The Kier molecular flexibility index (Phi) is 8.60. The number of hydrogen-bond donors (Lipinski definition) is 2. The summed E-state index contributed by atoms with van der Waals surface area (Å²) in [6.07, 6.45) is 3.37. The summed E-state index contributed by atoms with van der Waals surface area (Å²) in [6, 6.07) is 4.11. The van der Waals surface area contributed by atoms with Gasteiger partial charge in [-0.15, -0.1) is 24.0 Å². The number of anilines is 1. The van der Waals surface area contributed by atoms with Crippen LogP contribution in [0.3, 0.4) is 0 Å². The summed E-state index contributed by atoms with van der Waals surface area (Å²) in [5.41, 5.74) is 6.84. The molecule has 23 heavy (non-hydrogen) atoms. The quantitative estimate of drug-likeness (QED) is 0.423. The van der Waals surface area contributed by atoms with Crippen LogP contribution in [0.15, 0.2) is 23.3 Å². The first-order chi connectivity index (χ1) is 10.6. The molecule has 0 spiro atoms. The largest absolute Gasteiger partial charge is 0.372 e. The fourth-order valence-corrected chi connectivity index (χ4v) is 2.55. The number of nitrogens with zero attached hydrogens (tertiary/aromatic N) is 3. The molecule has 2 atom stereocenters. The van der Waals surface area contributed by atoms with Gasteiger partial charge in [-0.1, -0.05) is 13.0 Å². The van der Waals surface area contributed by atoms with Gasteiger partial charge in [0.15, 0.2) is 5.96 Å². The lowest BCUT2D eigenvalue weighted by atomic mass is 10.2. The second-order valence-electron chi connectivity index (χ2n) is 5.82. The van der Waals surface area contributed by atoms with E-state index in [1.54, 1.807) is 0 Å². The third-order valence-electron chi connectivity index (χ3n) is 3.54. The topological polar surface area (TPSA) is 75.8 Å². The zero-order valence-corrected chi connectivity index (χ0v) is 16.5. The highest BCUT2D eigenvalue weighted by atomic mass is 127. The van der Waals surface area contributed by atoms with E-state index in [4.69, 9.17) is 10.5 Å². The minimum absolute atomic E-state index is 0. The van der Waals surface area contributed by atoms with E-state index in [1.165, 1.54) is 0 Å². The Morgan fingerprint density at radius 3 is 2.65 bits per heavy atom. The molecular formula is C16H28IN5O. The van der Waals surface area contributed by atoms with Crippen molar-refractivity contribution in [2.24, 2.45) is 10.7 Å². The summed E-state index contributed by atoms with van der Waals surface area (Å²) in [7, 11) is 0. The van der Waals surface area contributed by atoms with Crippen LogP contribution in [0, 0.1) is 0 Å². The van der Waals surface area contributed by atoms with Gasteiger partial charge in [0, 0.05) is 25.8 Å². The van der Waals surface area contributed by atoms with Crippen LogP contribution in [0.4, 0.5) is 5.82 Å².